The van der Waals surface area contributed by atoms with Crippen molar-refractivity contribution in [2.75, 3.05) is 51.3 Å². The van der Waals surface area contributed by atoms with Gasteiger partial charge in [0.25, 0.3) is 0 Å². The van der Waals surface area contributed by atoms with E-state index in [1.807, 2.05) is 42.5 Å². The van der Waals surface area contributed by atoms with Crippen LogP contribution in [0.4, 0.5) is 5.69 Å². The van der Waals surface area contributed by atoms with Gasteiger partial charge in [-0.25, -0.2) is 4.79 Å². The molecule has 1 unspecified atom stereocenters. The van der Waals surface area contributed by atoms with E-state index in [0.717, 1.165) is 50.6 Å². The number of rotatable bonds is 7. The number of methoxy groups -OCH3 is 1. The number of nitrogens with zero attached hydrogens (tertiary/aromatic N) is 2. The molecule has 0 radical (unpaired) electrons. The van der Waals surface area contributed by atoms with Gasteiger partial charge < -0.3 is 24.4 Å². The third kappa shape index (κ3) is 5.80. The normalized spacial score (nSPS) is 20.5. The Hall–Kier alpha value is -3.55. The van der Waals surface area contributed by atoms with Crippen molar-refractivity contribution in [3.8, 4) is 17.2 Å². The van der Waals surface area contributed by atoms with Crippen molar-refractivity contribution in [3.05, 3.63) is 84.4 Å². The second-order valence-electron chi connectivity index (χ2n) is 9.16. The molecule has 0 bridgehead atoms. The first-order valence-corrected chi connectivity index (χ1v) is 12.6. The molecule has 3 aromatic carbocycles. The summed E-state index contributed by atoms with van der Waals surface area (Å²) in [6.45, 7) is 5.37. The van der Waals surface area contributed by atoms with Crippen molar-refractivity contribution in [2.45, 2.75) is 18.6 Å². The Morgan fingerprint density at radius 3 is 2.19 bits per heavy atom. The predicted molar refractivity (Wildman–Crippen MR) is 140 cm³/mol. The van der Waals surface area contributed by atoms with E-state index in [1.165, 1.54) is 5.69 Å². The Balaban J connectivity index is 1.17. The fourth-order valence-electron chi connectivity index (χ4n) is 4.95. The van der Waals surface area contributed by atoms with Gasteiger partial charge in [0.2, 0.25) is 0 Å². The number of nitrogens with one attached hydrogen (secondary N) is 1. The number of piperidine rings is 1. The van der Waals surface area contributed by atoms with Crippen molar-refractivity contribution < 1.29 is 19.0 Å². The monoisotopic (exact) mass is 487 g/mol. The van der Waals surface area contributed by atoms with Gasteiger partial charge in [0.15, 0.2) is 0 Å². The molecule has 5 rings (SSSR count). The molecule has 2 atom stereocenters. The molecule has 0 aliphatic carbocycles. The summed E-state index contributed by atoms with van der Waals surface area (Å²) in [4.78, 5) is 17.9. The maximum absolute atomic E-state index is 13.0. The van der Waals surface area contributed by atoms with E-state index in [1.54, 1.807) is 31.4 Å². The number of benzene rings is 3. The minimum Gasteiger partial charge on any atom is -0.497 e. The van der Waals surface area contributed by atoms with Crippen molar-refractivity contribution in [1.29, 1.82) is 0 Å². The zero-order chi connectivity index (χ0) is 24.7. The fourth-order valence-corrected chi connectivity index (χ4v) is 4.95. The third-order valence-corrected chi connectivity index (χ3v) is 6.94. The molecule has 0 aromatic heterocycles. The Bertz CT molecular complexity index is 1110. The zero-order valence-corrected chi connectivity index (χ0v) is 20.6. The summed E-state index contributed by atoms with van der Waals surface area (Å²) in [5.41, 5.74) is 1.74. The molecular formula is C29H33N3O4. The van der Waals surface area contributed by atoms with Gasteiger partial charge >= 0.3 is 5.97 Å². The summed E-state index contributed by atoms with van der Waals surface area (Å²) in [5.74, 6) is 2.02. The van der Waals surface area contributed by atoms with Crippen LogP contribution in [-0.4, -0.2) is 69.4 Å². The van der Waals surface area contributed by atoms with Crippen LogP contribution >= 0.6 is 0 Å². The summed E-state index contributed by atoms with van der Waals surface area (Å²) in [7, 11) is 1.69. The number of hydrogen-bond acceptors (Lipinski definition) is 7. The number of carbonyl (C=O) groups excluding carboxylic acids is 1. The first-order chi connectivity index (χ1) is 17.7. The Kier molecular flexibility index (Phi) is 7.69. The van der Waals surface area contributed by atoms with Crippen LogP contribution in [-0.2, 0) is 4.74 Å². The molecule has 3 aromatic rings. The lowest BCUT2D eigenvalue weighted by Gasteiger charge is -2.44. The predicted octanol–water partition coefficient (Wildman–Crippen LogP) is 4.20. The molecule has 1 N–H and O–H groups in total. The van der Waals surface area contributed by atoms with Gasteiger partial charge in [-0.3, -0.25) is 4.90 Å². The fraction of sp³-hybridized carbons (Fsp3) is 0.345. The van der Waals surface area contributed by atoms with Gasteiger partial charge in [0, 0.05) is 44.5 Å². The molecule has 2 aliphatic rings. The Morgan fingerprint density at radius 1 is 0.833 bits per heavy atom. The molecule has 0 saturated carbocycles. The molecule has 0 spiro atoms. The van der Waals surface area contributed by atoms with Gasteiger partial charge in [0.1, 0.15) is 23.4 Å². The third-order valence-electron chi connectivity index (χ3n) is 6.94. The summed E-state index contributed by atoms with van der Waals surface area (Å²) in [6, 6.07) is 25.2. The highest BCUT2D eigenvalue weighted by Gasteiger charge is 2.34. The highest BCUT2D eigenvalue weighted by atomic mass is 16.5. The summed E-state index contributed by atoms with van der Waals surface area (Å²) < 4.78 is 17.1. The number of hydrogen-bond donors (Lipinski definition) is 1. The van der Waals surface area contributed by atoms with Gasteiger partial charge in [-0.1, -0.05) is 18.2 Å². The van der Waals surface area contributed by atoms with E-state index < -0.39 is 0 Å². The van der Waals surface area contributed by atoms with E-state index in [4.69, 9.17) is 14.2 Å². The van der Waals surface area contributed by atoms with Crippen molar-refractivity contribution in [3.63, 3.8) is 0 Å². The number of para-hydroxylation sites is 1. The lowest BCUT2D eigenvalue weighted by Crippen LogP contribution is -2.59. The molecule has 2 heterocycles. The number of piperazine rings is 1. The van der Waals surface area contributed by atoms with Crippen molar-refractivity contribution in [2.24, 2.45) is 0 Å². The lowest BCUT2D eigenvalue weighted by atomic mass is 10.00. The van der Waals surface area contributed by atoms with E-state index in [2.05, 4.69) is 27.2 Å². The van der Waals surface area contributed by atoms with E-state index in [9.17, 15) is 4.79 Å². The standard InChI is InChI=1S/C29H33N3O4/c1-34-24-13-9-23(10-14-24)31-17-19-32(20-18-31)27-15-16-30-21-28(27)36-29(33)22-7-11-26(12-8-22)35-25-5-3-2-4-6-25/h2-14,27-28,30H,15-21H2,1H3/t27?,28-/m1/s1. The first kappa shape index (κ1) is 24.2. The molecule has 2 aliphatic heterocycles. The summed E-state index contributed by atoms with van der Waals surface area (Å²) in [6.07, 6.45) is 0.781. The van der Waals surface area contributed by atoms with Crippen LogP contribution in [0.1, 0.15) is 16.8 Å². The van der Waals surface area contributed by atoms with Crippen molar-refractivity contribution >= 4 is 11.7 Å². The maximum Gasteiger partial charge on any atom is 0.338 e. The van der Waals surface area contributed by atoms with Crippen LogP contribution in [0.15, 0.2) is 78.9 Å². The molecule has 2 fully saturated rings. The minimum absolute atomic E-state index is 0.181. The van der Waals surface area contributed by atoms with Crippen LogP contribution in [0.25, 0.3) is 0 Å². The average molecular weight is 488 g/mol. The molecule has 2 saturated heterocycles. The second-order valence-corrected chi connectivity index (χ2v) is 9.16. The van der Waals surface area contributed by atoms with E-state index in [-0.39, 0.29) is 18.1 Å². The largest absolute Gasteiger partial charge is 0.497 e. The van der Waals surface area contributed by atoms with Gasteiger partial charge in [-0.2, -0.15) is 0 Å². The molecule has 7 nitrogen and oxygen atoms in total. The topological polar surface area (TPSA) is 63.3 Å². The Labute approximate surface area is 212 Å². The SMILES string of the molecule is COc1ccc(N2CCN(C3CCNC[C@H]3OC(=O)c3ccc(Oc4ccccc4)cc3)CC2)cc1. The van der Waals surface area contributed by atoms with Crippen LogP contribution in [0, 0.1) is 0 Å². The van der Waals surface area contributed by atoms with Crippen molar-refractivity contribution in [1.82, 2.24) is 10.2 Å². The molecular weight excluding hydrogens is 454 g/mol. The van der Waals surface area contributed by atoms with Gasteiger partial charge in [-0.15, -0.1) is 0 Å². The average Bonchev–Trinajstić information content (AvgIpc) is 2.94. The molecule has 188 valence electrons. The number of ether oxygens (including phenoxy) is 3. The van der Waals surface area contributed by atoms with Crippen LogP contribution < -0.4 is 19.7 Å². The number of esters is 1. The van der Waals surface area contributed by atoms with Gasteiger partial charge in [-0.05, 0) is 73.6 Å². The number of carbonyl (C=O) groups is 1. The summed E-state index contributed by atoms with van der Waals surface area (Å²) >= 11 is 0. The highest BCUT2D eigenvalue weighted by molar-refractivity contribution is 5.89. The quantitative estimate of drug-likeness (QED) is 0.501. The number of anilines is 1. The Morgan fingerprint density at radius 2 is 1.50 bits per heavy atom. The first-order valence-electron chi connectivity index (χ1n) is 12.6. The highest BCUT2D eigenvalue weighted by Crippen LogP contribution is 2.25. The molecule has 36 heavy (non-hydrogen) atoms. The van der Waals surface area contributed by atoms with Crippen LogP contribution in [0.2, 0.25) is 0 Å². The van der Waals surface area contributed by atoms with Crippen LogP contribution in [0.5, 0.6) is 17.2 Å². The molecule has 0 amide bonds. The maximum atomic E-state index is 13.0. The van der Waals surface area contributed by atoms with Crippen LogP contribution in [0.3, 0.4) is 0 Å². The summed E-state index contributed by atoms with van der Waals surface area (Å²) in [5, 5.41) is 3.40. The van der Waals surface area contributed by atoms with Gasteiger partial charge in [0.05, 0.1) is 12.7 Å². The lowest BCUT2D eigenvalue weighted by molar-refractivity contribution is -0.0131. The minimum atomic E-state index is -0.295. The second kappa shape index (κ2) is 11.5. The smallest absolute Gasteiger partial charge is 0.338 e. The van der Waals surface area contributed by atoms with E-state index in [0.29, 0.717) is 17.9 Å². The molecule has 7 heteroatoms. The zero-order valence-electron chi connectivity index (χ0n) is 20.6. The van der Waals surface area contributed by atoms with E-state index >= 15 is 0 Å².